The Balaban J connectivity index is 1.08. The van der Waals surface area contributed by atoms with Crippen molar-refractivity contribution in [3.8, 4) is 0 Å². The van der Waals surface area contributed by atoms with Gasteiger partial charge < -0.3 is 204 Å². The van der Waals surface area contributed by atoms with Gasteiger partial charge >= 0.3 is 0 Å². The molecule has 8 saturated heterocycles. The topological polar surface area (TPSA) is 662 Å². The molecule has 25 N–H and O–H groups in total. The van der Waals surface area contributed by atoms with E-state index < -0.39 is 304 Å². The van der Waals surface area contributed by atoms with Crippen LogP contribution in [0.3, 0.4) is 0 Å². The van der Waals surface area contributed by atoms with Crippen LogP contribution in [-0.2, 0) is 80.6 Å². The maximum atomic E-state index is 12.4. The van der Waals surface area contributed by atoms with E-state index in [1.165, 1.54) is 0 Å². The van der Waals surface area contributed by atoms with Crippen molar-refractivity contribution < 1.29 is 203 Å². The Kier molecular flexibility index (Phi) is 29.3. The number of ether oxygens (including phenoxy) is 16. The van der Waals surface area contributed by atoms with Gasteiger partial charge in [-0.25, -0.2) is 0 Å². The molecule has 8 aliphatic rings. The minimum atomic E-state index is -2.35. The number of rotatable bonds is 27. The highest BCUT2D eigenvalue weighted by atomic mass is 16.8. The van der Waals surface area contributed by atoms with E-state index in [1.54, 1.807) is 6.92 Å². The van der Waals surface area contributed by atoms with Crippen LogP contribution in [0.15, 0.2) is 0 Å². The van der Waals surface area contributed by atoms with Crippen LogP contribution >= 0.6 is 0 Å². The van der Waals surface area contributed by atoms with Gasteiger partial charge in [0.15, 0.2) is 50.3 Å². The zero-order valence-electron chi connectivity index (χ0n) is 51.5. The lowest BCUT2D eigenvalue weighted by Gasteiger charge is -2.51. The molecule has 0 saturated carbocycles. The van der Waals surface area contributed by atoms with Gasteiger partial charge in [0.05, 0.1) is 52.9 Å². The molecule has 0 aromatic rings. The van der Waals surface area contributed by atoms with Crippen molar-refractivity contribution >= 4 is 5.91 Å². The minimum Gasteiger partial charge on any atom is -0.394 e. The van der Waals surface area contributed by atoms with Crippen LogP contribution in [0.25, 0.3) is 0 Å². The zero-order chi connectivity index (χ0) is 70.5. The average molecular weight is 1410 g/mol. The third-order valence-electron chi connectivity index (χ3n) is 17.8. The van der Waals surface area contributed by atoms with Crippen molar-refractivity contribution in [3.63, 3.8) is 0 Å². The van der Waals surface area contributed by atoms with Crippen molar-refractivity contribution in [1.29, 1.82) is 0 Å². The Morgan fingerprint density at radius 2 is 0.615 bits per heavy atom. The first-order chi connectivity index (χ1) is 45.6. The van der Waals surface area contributed by atoms with E-state index in [2.05, 4.69) is 5.32 Å². The summed E-state index contributed by atoms with van der Waals surface area (Å²) in [5, 5.41) is 264. The highest BCUT2D eigenvalue weighted by Crippen LogP contribution is 2.39. The number of hydrogen-bond donors (Lipinski definition) is 25. The van der Waals surface area contributed by atoms with E-state index in [0.717, 1.165) is 6.92 Å². The fourth-order valence-corrected chi connectivity index (χ4v) is 12.2. The predicted molar refractivity (Wildman–Crippen MR) is 295 cm³/mol. The molecule has 0 aromatic heterocycles. The monoisotopic (exact) mass is 1410 g/mol. The van der Waals surface area contributed by atoms with Crippen LogP contribution in [0.2, 0.25) is 0 Å². The summed E-state index contributed by atoms with van der Waals surface area (Å²) in [7, 11) is 0. The van der Waals surface area contributed by atoms with Gasteiger partial charge in [0, 0.05) is 13.5 Å². The van der Waals surface area contributed by atoms with Gasteiger partial charge in [-0.3, -0.25) is 4.79 Å². The molecular weight excluding hydrogens is 1320 g/mol. The van der Waals surface area contributed by atoms with Crippen LogP contribution in [0, 0.1) is 0 Å². The second kappa shape index (κ2) is 35.4. The number of amides is 1. The normalized spacial score (nSPS) is 50.5. The summed E-state index contributed by atoms with van der Waals surface area (Å²) in [4.78, 5) is 12.4. The molecule has 0 bridgehead atoms. The number of hydrogen-bond acceptors (Lipinski definition) is 41. The molecule has 560 valence electrons. The summed E-state index contributed by atoms with van der Waals surface area (Å²) in [6.45, 7) is -5.54. The summed E-state index contributed by atoms with van der Waals surface area (Å²) in [5.41, 5.74) is 0. The van der Waals surface area contributed by atoms with Gasteiger partial charge in [0.25, 0.3) is 0 Å². The summed E-state index contributed by atoms with van der Waals surface area (Å²) < 4.78 is 94.4. The molecule has 16 unspecified atom stereocenters. The first kappa shape index (κ1) is 79.6. The number of aliphatic hydroxyl groups excluding tert-OH is 24. The lowest BCUT2D eigenvalue weighted by atomic mass is 9.95. The lowest BCUT2D eigenvalue weighted by Crippen LogP contribution is -2.69. The summed E-state index contributed by atoms with van der Waals surface area (Å²) in [6, 6.07) is -1.73. The first-order valence-corrected chi connectivity index (χ1v) is 31.1. The van der Waals surface area contributed by atoms with Gasteiger partial charge in [-0.1, -0.05) is 13.3 Å². The molecule has 0 aliphatic carbocycles. The van der Waals surface area contributed by atoms with Crippen LogP contribution in [0.4, 0.5) is 0 Å². The van der Waals surface area contributed by atoms with Crippen LogP contribution in [0.5, 0.6) is 0 Å². The Morgan fingerprint density at radius 3 is 1.04 bits per heavy atom. The van der Waals surface area contributed by atoms with Crippen molar-refractivity contribution in [1.82, 2.24) is 5.32 Å². The Labute approximate surface area is 545 Å². The van der Waals surface area contributed by atoms with Gasteiger partial charge in [0.2, 0.25) is 5.91 Å². The molecule has 0 aromatic carbocycles. The summed E-state index contributed by atoms with van der Waals surface area (Å²) >= 11 is 0. The molecule has 8 aliphatic heterocycles. The van der Waals surface area contributed by atoms with Crippen molar-refractivity contribution in [2.75, 3.05) is 59.5 Å². The molecule has 8 fully saturated rings. The highest BCUT2D eigenvalue weighted by Gasteiger charge is 2.60. The van der Waals surface area contributed by atoms with Crippen LogP contribution in [0.1, 0.15) is 26.7 Å². The molecule has 40 atom stereocenters. The Morgan fingerprint density at radius 1 is 0.302 bits per heavy atom. The average Bonchev–Trinajstić information content (AvgIpc) is 0.783. The molecule has 1 amide bonds. The van der Waals surface area contributed by atoms with Crippen LogP contribution < -0.4 is 5.32 Å². The van der Waals surface area contributed by atoms with Crippen molar-refractivity contribution in [2.45, 2.75) is 272 Å². The van der Waals surface area contributed by atoms with E-state index in [4.69, 9.17) is 75.8 Å². The van der Waals surface area contributed by atoms with Gasteiger partial charge in [-0.05, 0) is 6.42 Å². The fraction of sp³-hybridized carbons (Fsp3) is 0.981. The third-order valence-corrected chi connectivity index (χ3v) is 17.8. The SMILES string of the molecule is CCCCO[C@H]1OC(CO[C@@H]2OC(CO)[C@@H](O)[C@H](O)C2O[C@H]2OC(CO)[C@@H](O[C@@H]3OC(CO)[C@H](O[C@H]4OC(CO)[C@H](O)[C@H](O)C4O)[C@H](O)C3O)[C@H](O)C2O)[C@@H](O[C@@H]2OC(CO)[C@@H](O)[C@H](O)C2O[C@H]2OC(CO)[C@@H](O)[C@H](O)C2NC(C)=O)[C@H](O[C@@H]2OC(CO)[C@@H](O)[C@H](O)C2O)C1O. The van der Waals surface area contributed by atoms with Crippen molar-refractivity contribution in [2.24, 2.45) is 0 Å². The van der Waals surface area contributed by atoms with Gasteiger partial charge in [0.1, 0.15) is 195 Å². The highest BCUT2D eigenvalue weighted by molar-refractivity contribution is 5.73. The van der Waals surface area contributed by atoms with E-state index in [0.29, 0.717) is 12.8 Å². The van der Waals surface area contributed by atoms with E-state index >= 15 is 0 Å². The molecule has 8 heterocycles. The zero-order valence-corrected chi connectivity index (χ0v) is 51.5. The largest absolute Gasteiger partial charge is 0.394 e. The van der Waals surface area contributed by atoms with Crippen molar-refractivity contribution in [3.05, 3.63) is 0 Å². The maximum Gasteiger partial charge on any atom is 0.217 e. The Hall–Kier alpha value is -2.13. The van der Waals surface area contributed by atoms with E-state index in [1.807, 2.05) is 0 Å². The van der Waals surface area contributed by atoms with E-state index in [9.17, 15) is 127 Å². The quantitative estimate of drug-likeness (QED) is 0.0340. The summed E-state index contributed by atoms with van der Waals surface area (Å²) in [6.07, 6.45) is -77.4. The second-order valence-electron chi connectivity index (χ2n) is 24.3. The maximum absolute atomic E-state index is 12.4. The van der Waals surface area contributed by atoms with Gasteiger partial charge in [-0.15, -0.1) is 0 Å². The number of carbonyl (C=O) groups is 1. The molecule has 42 nitrogen and oxygen atoms in total. The molecule has 96 heavy (non-hydrogen) atoms. The van der Waals surface area contributed by atoms with Gasteiger partial charge in [-0.2, -0.15) is 0 Å². The fourth-order valence-electron chi connectivity index (χ4n) is 12.2. The molecular formula is C54H93NO41. The Bertz CT molecular complexity index is 2330. The van der Waals surface area contributed by atoms with E-state index in [-0.39, 0.29) is 6.61 Å². The first-order valence-electron chi connectivity index (χ1n) is 31.1. The summed E-state index contributed by atoms with van der Waals surface area (Å²) in [5.74, 6) is -0.827. The molecule has 0 spiro atoms. The minimum absolute atomic E-state index is 0.163. The second-order valence-corrected chi connectivity index (χ2v) is 24.3. The number of unbranched alkanes of at least 4 members (excludes halogenated alkanes) is 1. The molecule has 8 rings (SSSR count). The predicted octanol–water partition coefficient (Wildman–Crippen LogP) is -16.5. The molecule has 0 radical (unpaired) electrons. The number of aliphatic hydroxyl groups is 24. The number of nitrogens with one attached hydrogen (secondary N) is 1. The molecule has 42 heteroatoms. The lowest BCUT2D eigenvalue weighted by molar-refractivity contribution is -0.405. The standard InChI is InChI=1S/C54H93NO41/c1-3-4-5-81-48-40(80)44(94-50-37(77)31(71)26(66)17(8-58)85-50)43(93-54-46(33(73)28(68)19(10-60)87-54)95-47-23(55-14(2)63)29(69)24(64)15(6-56)83-47)22(90-48)13-82-53-45(32(72)27(67)18(9-59)86-53)96-52-39(79)35(75)42(21(12-62)89-52)92-51-38(78)34(74)41(20(11-61)88-51)91-49-36(76)30(70)25(65)16(7-57)84-49/h15-54,56-62,64-80H,3-13H2,1-2H3,(H,55,63)/t15?,16?,17?,18?,19?,20?,21?,22?,23?,24-,25+,26-,27-,28-,29-,30+,31+,32+,33+,34-,35-,36?,37?,38?,39?,40?,41+,42-,43-,44-,45?,46?,47-,48+,49-,50+,51+,52-,53-,54+/m1/s1. The van der Waals surface area contributed by atoms with Crippen LogP contribution in [-0.4, -0.2) is 434 Å². The smallest absolute Gasteiger partial charge is 0.217 e. The number of carbonyl (C=O) groups excluding carboxylic acids is 1. The third kappa shape index (κ3) is 17.2.